The molecule has 1 fully saturated rings. The van der Waals surface area contributed by atoms with Gasteiger partial charge in [-0.1, -0.05) is 62.4 Å². The zero-order valence-corrected chi connectivity index (χ0v) is 22.1. The van der Waals surface area contributed by atoms with Gasteiger partial charge in [0.1, 0.15) is 5.52 Å². The first-order chi connectivity index (χ1) is 17.9. The van der Waals surface area contributed by atoms with E-state index in [4.69, 9.17) is 0 Å². The number of fused-ring (bicyclic) bond motifs is 3. The van der Waals surface area contributed by atoms with Crippen molar-refractivity contribution < 1.29 is 4.79 Å². The lowest BCUT2D eigenvalue weighted by atomic mass is 10.1. The van der Waals surface area contributed by atoms with Crippen LogP contribution in [0.25, 0.3) is 21.8 Å². The number of hydrogen-bond donors (Lipinski definition) is 1. The Bertz CT molecular complexity index is 1450. The van der Waals surface area contributed by atoms with E-state index in [2.05, 4.69) is 59.3 Å². The van der Waals surface area contributed by atoms with Crippen LogP contribution < -0.4 is 10.9 Å². The third-order valence-corrected chi connectivity index (χ3v) is 7.36. The minimum atomic E-state index is -0.124. The second-order valence-corrected chi connectivity index (χ2v) is 10.6. The van der Waals surface area contributed by atoms with Gasteiger partial charge in [0.15, 0.2) is 0 Å². The van der Waals surface area contributed by atoms with Gasteiger partial charge in [-0.25, -0.2) is 0 Å². The molecule has 1 N–H and O–H groups in total. The highest BCUT2D eigenvalue weighted by Gasteiger charge is 2.22. The summed E-state index contributed by atoms with van der Waals surface area (Å²) in [5.74, 6) is 0.169. The fourth-order valence-corrected chi connectivity index (χ4v) is 5.47. The van der Waals surface area contributed by atoms with Crippen LogP contribution in [0.5, 0.6) is 0 Å². The van der Waals surface area contributed by atoms with Crippen molar-refractivity contribution in [1.82, 2.24) is 24.3 Å². The Balaban J connectivity index is 1.28. The van der Waals surface area contributed by atoms with Crippen molar-refractivity contribution in [3.05, 3.63) is 82.3 Å². The molecule has 5 rings (SSSR count). The Hall–Kier alpha value is -3.42. The van der Waals surface area contributed by atoms with Gasteiger partial charge in [0.05, 0.1) is 5.56 Å². The molecule has 0 spiro atoms. The quantitative estimate of drug-likeness (QED) is 0.402. The molecule has 1 amide bonds. The van der Waals surface area contributed by atoms with E-state index in [1.54, 1.807) is 10.8 Å². The van der Waals surface area contributed by atoms with E-state index >= 15 is 0 Å². The number of aryl methyl sites for hydroxylation is 1. The van der Waals surface area contributed by atoms with Crippen LogP contribution in [0.4, 0.5) is 0 Å². The van der Waals surface area contributed by atoms with Gasteiger partial charge in [-0.2, -0.15) is 0 Å². The van der Waals surface area contributed by atoms with Crippen LogP contribution in [-0.2, 0) is 20.1 Å². The number of nitrogens with zero attached hydrogens (tertiary/aromatic N) is 4. The van der Waals surface area contributed by atoms with E-state index in [9.17, 15) is 9.59 Å². The molecule has 0 unspecified atom stereocenters. The van der Waals surface area contributed by atoms with Crippen molar-refractivity contribution in [3.63, 3.8) is 0 Å². The average Bonchev–Trinajstić information content (AvgIpc) is 3.20. The predicted octanol–water partition coefficient (Wildman–Crippen LogP) is 3.70. The monoisotopic (exact) mass is 499 g/mol. The van der Waals surface area contributed by atoms with Crippen molar-refractivity contribution in [2.75, 3.05) is 39.3 Å². The van der Waals surface area contributed by atoms with E-state index in [-0.39, 0.29) is 11.5 Å². The van der Waals surface area contributed by atoms with Gasteiger partial charge in [0.25, 0.3) is 11.5 Å². The maximum absolute atomic E-state index is 13.5. The lowest BCUT2D eigenvalue weighted by Crippen LogP contribution is -2.48. The molecule has 0 aliphatic carbocycles. The van der Waals surface area contributed by atoms with Gasteiger partial charge in [-0.05, 0) is 17.5 Å². The first-order valence-corrected chi connectivity index (χ1v) is 13.3. The molecule has 2 aromatic heterocycles. The summed E-state index contributed by atoms with van der Waals surface area (Å²) in [6, 6.07) is 18.5. The summed E-state index contributed by atoms with van der Waals surface area (Å²) in [5, 5.41) is 4.83. The molecule has 194 valence electrons. The zero-order chi connectivity index (χ0) is 25.9. The summed E-state index contributed by atoms with van der Waals surface area (Å²) in [6.45, 7) is 11.2. The third-order valence-electron chi connectivity index (χ3n) is 7.36. The van der Waals surface area contributed by atoms with E-state index in [0.717, 1.165) is 55.6 Å². The van der Waals surface area contributed by atoms with E-state index in [1.807, 2.05) is 35.9 Å². The van der Waals surface area contributed by atoms with E-state index in [0.29, 0.717) is 30.1 Å². The van der Waals surface area contributed by atoms with Crippen LogP contribution in [0.3, 0.4) is 0 Å². The number of carbonyl (C=O) groups is 1. The molecule has 0 atom stereocenters. The molecule has 7 heteroatoms. The van der Waals surface area contributed by atoms with Crippen molar-refractivity contribution in [2.24, 2.45) is 13.0 Å². The van der Waals surface area contributed by atoms with Crippen molar-refractivity contribution in [3.8, 4) is 0 Å². The number of piperazine rings is 1. The fourth-order valence-electron chi connectivity index (χ4n) is 5.47. The van der Waals surface area contributed by atoms with Crippen molar-refractivity contribution in [1.29, 1.82) is 0 Å². The molecule has 1 saturated heterocycles. The van der Waals surface area contributed by atoms with Gasteiger partial charge in [-0.3, -0.25) is 19.4 Å². The first kappa shape index (κ1) is 25.2. The maximum atomic E-state index is 13.5. The second-order valence-electron chi connectivity index (χ2n) is 10.6. The smallest absolute Gasteiger partial charge is 0.275 e. The normalized spacial score (nSPS) is 15.1. The third kappa shape index (κ3) is 5.33. The lowest BCUT2D eigenvalue weighted by molar-refractivity contribution is 0.0935. The number of rotatable bonds is 8. The molecule has 0 radical (unpaired) electrons. The number of para-hydroxylation sites is 1. The Morgan fingerprint density at radius 2 is 1.62 bits per heavy atom. The van der Waals surface area contributed by atoms with Gasteiger partial charge in [0, 0.05) is 81.9 Å². The SMILES string of the molecule is CC(C)Cn1cc(C(=O)NCCN2CCN(Cc3ccccc3)CC2)c2c3ccccc3n(C)c2c1=O. The molecule has 1 aliphatic rings. The molecule has 4 aromatic rings. The van der Waals surface area contributed by atoms with Crippen LogP contribution in [0.15, 0.2) is 65.6 Å². The van der Waals surface area contributed by atoms with Crippen molar-refractivity contribution >= 4 is 27.7 Å². The molecule has 1 aliphatic heterocycles. The number of benzene rings is 2. The number of aromatic nitrogens is 2. The van der Waals surface area contributed by atoms with Crippen LogP contribution in [0.2, 0.25) is 0 Å². The highest BCUT2D eigenvalue weighted by atomic mass is 16.2. The number of amides is 1. The molecule has 37 heavy (non-hydrogen) atoms. The van der Waals surface area contributed by atoms with Crippen LogP contribution in [0, 0.1) is 5.92 Å². The molecule has 7 nitrogen and oxygen atoms in total. The number of hydrogen-bond acceptors (Lipinski definition) is 4. The molecular formula is C30H37N5O2. The largest absolute Gasteiger partial charge is 0.351 e. The van der Waals surface area contributed by atoms with Gasteiger partial charge >= 0.3 is 0 Å². The summed E-state index contributed by atoms with van der Waals surface area (Å²) in [6.07, 6.45) is 1.76. The second kappa shape index (κ2) is 10.9. The highest BCUT2D eigenvalue weighted by Crippen LogP contribution is 2.29. The maximum Gasteiger partial charge on any atom is 0.275 e. The number of pyridine rings is 1. The van der Waals surface area contributed by atoms with Gasteiger partial charge in [-0.15, -0.1) is 0 Å². The Morgan fingerprint density at radius 1 is 0.946 bits per heavy atom. The minimum absolute atomic E-state index is 0.0488. The van der Waals surface area contributed by atoms with Gasteiger partial charge in [0.2, 0.25) is 0 Å². The predicted molar refractivity (Wildman–Crippen MR) is 150 cm³/mol. The minimum Gasteiger partial charge on any atom is -0.351 e. The molecular weight excluding hydrogens is 462 g/mol. The summed E-state index contributed by atoms with van der Waals surface area (Å²) in [4.78, 5) is 31.8. The van der Waals surface area contributed by atoms with Gasteiger partial charge < -0.3 is 14.5 Å². The Labute approximate surface area is 218 Å². The summed E-state index contributed by atoms with van der Waals surface area (Å²) in [7, 11) is 1.91. The lowest BCUT2D eigenvalue weighted by Gasteiger charge is -2.34. The standard InChI is InChI=1S/C30H37N5O2/c1-22(2)19-35-21-25(27-24-11-7-8-12-26(24)32(3)28(27)30(35)37)29(36)31-13-14-33-15-17-34(18-16-33)20-23-9-5-4-6-10-23/h4-12,21-22H,13-20H2,1-3H3,(H,31,36). The molecule has 2 aromatic carbocycles. The zero-order valence-electron chi connectivity index (χ0n) is 22.1. The fraction of sp³-hybridized carbons (Fsp3) is 0.400. The highest BCUT2D eigenvalue weighted by molar-refractivity contribution is 6.17. The van der Waals surface area contributed by atoms with Crippen molar-refractivity contribution in [2.45, 2.75) is 26.9 Å². The molecule has 0 saturated carbocycles. The van der Waals surface area contributed by atoms with E-state index < -0.39 is 0 Å². The van der Waals surface area contributed by atoms with E-state index in [1.165, 1.54) is 5.56 Å². The topological polar surface area (TPSA) is 62.5 Å². The first-order valence-electron chi connectivity index (χ1n) is 13.3. The molecule has 3 heterocycles. The Kier molecular flexibility index (Phi) is 7.44. The van der Waals surface area contributed by atoms with Crippen LogP contribution in [-0.4, -0.2) is 64.1 Å². The Morgan fingerprint density at radius 3 is 2.35 bits per heavy atom. The number of carbonyl (C=O) groups excluding carboxylic acids is 1. The molecule has 0 bridgehead atoms. The summed E-state index contributed by atoms with van der Waals surface area (Å²) in [5.41, 5.74) is 3.41. The average molecular weight is 500 g/mol. The summed E-state index contributed by atoms with van der Waals surface area (Å²) < 4.78 is 3.63. The van der Waals surface area contributed by atoms with Crippen LogP contribution in [0.1, 0.15) is 29.8 Å². The van der Waals surface area contributed by atoms with Crippen LogP contribution >= 0.6 is 0 Å². The summed E-state index contributed by atoms with van der Waals surface area (Å²) >= 11 is 0. The number of nitrogens with one attached hydrogen (secondary N) is 1.